The summed E-state index contributed by atoms with van der Waals surface area (Å²) in [5, 5.41) is 0. The molecule has 0 bridgehead atoms. The van der Waals surface area contributed by atoms with E-state index in [-0.39, 0.29) is 47.8 Å². The first-order chi connectivity index (χ1) is 13.7. The van der Waals surface area contributed by atoms with Crippen molar-refractivity contribution in [3.63, 3.8) is 0 Å². The van der Waals surface area contributed by atoms with Crippen LogP contribution >= 0.6 is 23.5 Å². The van der Waals surface area contributed by atoms with Gasteiger partial charge in [-0.2, -0.15) is 23.5 Å². The predicted octanol–water partition coefficient (Wildman–Crippen LogP) is 0.387. The molecule has 0 atom stereocenters. The molecular formula is C16H26MgO10S4. The maximum absolute atomic E-state index is 10.9. The third kappa shape index (κ3) is 29.7. The van der Waals surface area contributed by atoms with Gasteiger partial charge in [0.1, 0.15) is 13.2 Å². The molecule has 0 spiro atoms. The fourth-order valence-corrected chi connectivity index (χ4v) is 4.55. The molecular weight excluding hydrogens is 505 g/mol. The number of carbonyl (C=O) groups is 2. The molecule has 176 valence electrons. The zero-order valence-corrected chi connectivity index (χ0v) is 22.2. The molecule has 0 unspecified atom stereocenters. The average Bonchev–Trinajstić information content (AvgIpc) is 2.59. The maximum Gasteiger partial charge on any atom is 2.00 e. The van der Waals surface area contributed by atoms with E-state index in [1.165, 1.54) is 23.5 Å². The zero-order chi connectivity index (χ0) is 23.8. The van der Waals surface area contributed by atoms with Gasteiger partial charge in [-0.25, -0.2) is 26.4 Å². The number of esters is 2. The largest absolute Gasteiger partial charge is 2.00 e. The summed E-state index contributed by atoms with van der Waals surface area (Å²) in [4.78, 5) is 21.7. The molecule has 0 aliphatic heterocycles. The van der Waals surface area contributed by atoms with Crippen LogP contribution in [0.15, 0.2) is 24.3 Å². The van der Waals surface area contributed by atoms with Crippen molar-refractivity contribution in [1.29, 1.82) is 0 Å². The fraction of sp³-hybridized carbons (Fsp3) is 0.625. The van der Waals surface area contributed by atoms with E-state index in [9.17, 15) is 35.5 Å². The molecule has 0 aliphatic carbocycles. The summed E-state index contributed by atoms with van der Waals surface area (Å²) in [7, 11) is -8.27. The van der Waals surface area contributed by atoms with E-state index < -0.39 is 43.7 Å². The molecule has 0 aromatic heterocycles. The van der Waals surface area contributed by atoms with Gasteiger partial charge in [-0.05, 0) is 13.8 Å². The van der Waals surface area contributed by atoms with Gasteiger partial charge < -0.3 is 18.6 Å². The fourth-order valence-electron chi connectivity index (χ4n) is 1.16. The molecule has 0 heterocycles. The summed E-state index contributed by atoms with van der Waals surface area (Å²) in [6.07, 6.45) is 0. The second-order valence-electron chi connectivity index (χ2n) is 5.58. The molecule has 0 radical (unpaired) electrons. The Bertz CT molecular complexity index is 712. The minimum atomic E-state index is -4.13. The quantitative estimate of drug-likeness (QED) is 0.0997. The Morgan fingerprint density at radius 2 is 1.03 bits per heavy atom. The van der Waals surface area contributed by atoms with Crippen molar-refractivity contribution in [1.82, 2.24) is 0 Å². The first-order valence-electron chi connectivity index (χ1n) is 8.33. The van der Waals surface area contributed by atoms with Crippen molar-refractivity contribution in [3.8, 4) is 0 Å². The Morgan fingerprint density at radius 3 is 1.26 bits per heavy atom. The van der Waals surface area contributed by atoms with Crippen LogP contribution in [0.1, 0.15) is 13.8 Å². The standard InChI is InChI=1S/2C8H14O5S2.Mg/c2*1-7(2)8(9)13-3-4-14-5-6-15(10,11)12;/h2*1,3-6H2,2H3,(H,10,11,12);/q;;+2/p-2. The monoisotopic (exact) mass is 530 g/mol. The molecule has 31 heavy (non-hydrogen) atoms. The first-order valence-corrected chi connectivity index (χ1v) is 13.8. The summed E-state index contributed by atoms with van der Waals surface area (Å²) in [6.45, 7) is 10.3. The minimum absolute atomic E-state index is 0. The van der Waals surface area contributed by atoms with Gasteiger partial charge in [0.25, 0.3) is 0 Å². The van der Waals surface area contributed by atoms with Crippen LogP contribution in [0.5, 0.6) is 0 Å². The van der Waals surface area contributed by atoms with Gasteiger partial charge in [0.05, 0.1) is 20.2 Å². The Labute approximate surface area is 208 Å². The molecule has 0 N–H and O–H groups in total. The minimum Gasteiger partial charge on any atom is -0.748 e. The van der Waals surface area contributed by atoms with E-state index in [2.05, 4.69) is 13.2 Å². The third-order valence-corrected chi connectivity index (χ3v) is 6.40. The second-order valence-corrected chi connectivity index (χ2v) is 11.1. The van der Waals surface area contributed by atoms with E-state index in [0.717, 1.165) is 0 Å². The van der Waals surface area contributed by atoms with E-state index in [0.29, 0.717) is 22.7 Å². The number of hydrogen-bond donors (Lipinski definition) is 0. The van der Waals surface area contributed by atoms with Crippen LogP contribution in [0.4, 0.5) is 0 Å². The van der Waals surface area contributed by atoms with Crippen LogP contribution in [0.25, 0.3) is 0 Å². The number of carbonyl (C=O) groups excluding carboxylic acids is 2. The molecule has 0 aromatic rings. The Balaban J connectivity index is -0.000000490. The number of ether oxygens (including phenoxy) is 2. The Hall–Kier alpha value is -0.294. The maximum atomic E-state index is 10.9. The number of rotatable bonds is 14. The molecule has 0 rings (SSSR count). The van der Waals surface area contributed by atoms with Crippen LogP contribution in [0.3, 0.4) is 0 Å². The molecule has 0 aromatic carbocycles. The molecule has 0 fully saturated rings. The Morgan fingerprint density at radius 1 is 0.742 bits per heavy atom. The van der Waals surface area contributed by atoms with E-state index >= 15 is 0 Å². The van der Waals surface area contributed by atoms with Crippen LogP contribution < -0.4 is 0 Å². The summed E-state index contributed by atoms with van der Waals surface area (Å²) in [5.74, 6) is -0.354. The van der Waals surface area contributed by atoms with Gasteiger partial charge in [0.15, 0.2) is 0 Å². The van der Waals surface area contributed by atoms with Crippen LogP contribution in [0.2, 0.25) is 0 Å². The Kier molecular flexibility index (Phi) is 21.9. The van der Waals surface area contributed by atoms with Crippen LogP contribution in [0, 0.1) is 0 Å². The first kappa shape index (κ1) is 35.3. The topological polar surface area (TPSA) is 167 Å². The molecule has 0 saturated heterocycles. The summed E-state index contributed by atoms with van der Waals surface area (Å²) >= 11 is 2.50. The van der Waals surface area contributed by atoms with Crippen molar-refractivity contribution in [2.45, 2.75) is 13.8 Å². The van der Waals surface area contributed by atoms with Crippen molar-refractivity contribution < 1.29 is 45.0 Å². The predicted molar refractivity (Wildman–Crippen MR) is 121 cm³/mol. The number of thioether (sulfide) groups is 2. The SMILES string of the molecule is C=C(C)C(=O)OCCSCCS(=O)(=O)[O-].C=C(C)C(=O)OCCSCCS(=O)(=O)[O-].[Mg+2]. The van der Waals surface area contributed by atoms with E-state index in [4.69, 9.17) is 9.47 Å². The third-order valence-electron chi connectivity index (χ3n) is 2.57. The van der Waals surface area contributed by atoms with Gasteiger partial charge in [0.2, 0.25) is 0 Å². The molecule has 15 heteroatoms. The van der Waals surface area contributed by atoms with Gasteiger partial charge >= 0.3 is 35.0 Å². The van der Waals surface area contributed by atoms with Gasteiger partial charge in [-0.1, -0.05) is 13.2 Å². The summed E-state index contributed by atoms with van der Waals surface area (Å²) < 4.78 is 70.7. The van der Waals surface area contributed by atoms with Crippen molar-refractivity contribution >= 4 is 78.8 Å². The summed E-state index contributed by atoms with van der Waals surface area (Å²) in [6, 6.07) is 0. The summed E-state index contributed by atoms with van der Waals surface area (Å²) in [5.41, 5.74) is 0.643. The molecule has 0 amide bonds. The van der Waals surface area contributed by atoms with Gasteiger partial charge in [0, 0.05) is 45.7 Å². The zero-order valence-electron chi connectivity index (χ0n) is 17.5. The number of hydrogen-bond acceptors (Lipinski definition) is 12. The van der Waals surface area contributed by atoms with E-state index in [1.807, 2.05) is 0 Å². The van der Waals surface area contributed by atoms with Gasteiger partial charge in [-0.15, -0.1) is 0 Å². The van der Waals surface area contributed by atoms with Gasteiger partial charge in [-0.3, -0.25) is 0 Å². The molecule has 10 nitrogen and oxygen atoms in total. The van der Waals surface area contributed by atoms with Crippen molar-refractivity contribution in [2.24, 2.45) is 0 Å². The average molecular weight is 531 g/mol. The van der Waals surface area contributed by atoms with E-state index in [1.54, 1.807) is 13.8 Å². The molecule has 0 aliphatic rings. The second kappa shape index (κ2) is 19.2. The van der Waals surface area contributed by atoms with Crippen LogP contribution in [-0.2, 0) is 39.3 Å². The normalized spacial score (nSPS) is 10.7. The van der Waals surface area contributed by atoms with Crippen LogP contribution in [-0.4, -0.2) is 109 Å². The molecule has 0 saturated carbocycles. The van der Waals surface area contributed by atoms with Crippen molar-refractivity contribution in [3.05, 3.63) is 24.3 Å². The smallest absolute Gasteiger partial charge is 0.748 e. The van der Waals surface area contributed by atoms with Crippen molar-refractivity contribution in [2.75, 3.05) is 47.7 Å².